The third-order valence-electron chi connectivity index (χ3n) is 2.75. The van der Waals surface area contributed by atoms with Crippen LogP contribution in [0.25, 0.3) is 0 Å². The maximum Gasteiger partial charge on any atom is 0.162 e. The molecule has 4 heteroatoms. The largest absolute Gasteiger partial charge is 0.493 e. The third kappa shape index (κ3) is 2.53. The van der Waals surface area contributed by atoms with Crippen LogP contribution in [-0.2, 0) is 0 Å². The Morgan fingerprint density at radius 1 is 1.25 bits per heavy atom. The molecule has 1 aliphatic carbocycles. The summed E-state index contributed by atoms with van der Waals surface area (Å²) in [6.07, 6.45) is 2.63. The Hall–Kier alpha value is -1.09. The molecular weight excluding hydrogens is 226 g/mol. The fourth-order valence-electron chi connectivity index (χ4n) is 1.57. The first-order valence-electron chi connectivity index (χ1n) is 5.40. The minimum atomic E-state index is 0.657. The highest BCUT2D eigenvalue weighted by atomic mass is 35.5. The Kier molecular flexibility index (Phi) is 3.44. The maximum atomic E-state index is 6.14. The number of hydrogen-bond donors (Lipinski definition) is 1. The number of nitrogens with one attached hydrogen (secondary N) is 1. The highest BCUT2D eigenvalue weighted by Gasteiger charge is 2.21. The quantitative estimate of drug-likeness (QED) is 0.859. The molecule has 1 aromatic rings. The Bertz CT molecular complexity index is 378. The second-order valence-corrected chi connectivity index (χ2v) is 4.42. The van der Waals surface area contributed by atoms with E-state index in [-0.39, 0.29) is 0 Å². The van der Waals surface area contributed by atoms with E-state index in [4.69, 9.17) is 21.1 Å². The van der Waals surface area contributed by atoms with Crippen LogP contribution >= 0.6 is 11.6 Å². The minimum absolute atomic E-state index is 0.657. The topological polar surface area (TPSA) is 30.5 Å². The van der Waals surface area contributed by atoms with E-state index in [2.05, 4.69) is 5.32 Å². The average Bonchev–Trinajstić information content (AvgIpc) is 3.11. The van der Waals surface area contributed by atoms with E-state index in [1.165, 1.54) is 12.8 Å². The van der Waals surface area contributed by atoms with Crippen molar-refractivity contribution in [2.24, 2.45) is 5.92 Å². The van der Waals surface area contributed by atoms with E-state index < -0.39 is 0 Å². The van der Waals surface area contributed by atoms with Crippen LogP contribution in [0, 0.1) is 5.92 Å². The Morgan fingerprint density at radius 3 is 2.44 bits per heavy atom. The molecule has 16 heavy (non-hydrogen) atoms. The summed E-state index contributed by atoms with van der Waals surface area (Å²) in [5, 5.41) is 4.00. The molecule has 1 aliphatic rings. The predicted octanol–water partition coefficient (Wildman–Crippen LogP) is 3.18. The normalized spacial score (nSPS) is 14.7. The second-order valence-electron chi connectivity index (χ2n) is 4.01. The fourth-order valence-corrected chi connectivity index (χ4v) is 1.79. The molecule has 0 radical (unpaired) electrons. The smallest absolute Gasteiger partial charge is 0.162 e. The number of hydrogen-bond acceptors (Lipinski definition) is 3. The number of methoxy groups -OCH3 is 2. The zero-order chi connectivity index (χ0) is 11.5. The molecule has 88 valence electrons. The molecule has 1 saturated carbocycles. The molecule has 3 nitrogen and oxygen atoms in total. The highest BCUT2D eigenvalue weighted by Crippen LogP contribution is 2.37. The van der Waals surface area contributed by atoms with E-state index in [1.807, 2.05) is 6.07 Å². The third-order valence-corrected chi connectivity index (χ3v) is 3.06. The summed E-state index contributed by atoms with van der Waals surface area (Å²) in [6, 6.07) is 3.65. The van der Waals surface area contributed by atoms with Gasteiger partial charge in [-0.2, -0.15) is 0 Å². The first-order valence-corrected chi connectivity index (χ1v) is 5.77. The van der Waals surface area contributed by atoms with Crippen LogP contribution in [0.2, 0.25) is 5.02 Å². The Labute approximate surface area is 101 Å². The van der Waals surface area contributed by atoms with E-state index >= 15 is 0 Å². The molecule has 0 bridgehead atoms. The highest BCUT2D eigenvalue weighted by molar-refractivity contribution is 6.33. The summed E-state index contributed by atoms with van der Waals surface area (Å²) in [7, 11) is 3.22. The van der Waals surface area contributed by atoms with Gasteiger partial charge in [0, 0.05) is 18.7 Å². The molecule has 0 spiro atoms. The van der Waals surface area contributed by atoms with Gasteiger partial charge in [0.1, 0.15) is 0 Å². The number of halogens is 1. The van der Waals surface area contributed by atoms with Gasteiger partial charge in [-0.3, -0.25) is 0 Å². The van der Waals surface area contributed by atoms with Crippen LogP contribution in [0.4, 0.5) is 5.69 Å². The molecule has 0 unspecified atom stereocenters. The zero-order valence-corrected chi connectivity index (χ0v) is 10.3. The summed E-state index contributed by atoms with van der Waals surface area (Å²) < 4.78 is 10.4. The van der Waals surface area contributed by atoms with E-state index in [0.29, 0.717) is 16.5 Å². The monoisotopic (exact) mass is 241 g/mol. The summed E-state index contributed by atoms with van der Waals surface area (Å²) >= 11 is 6.14. The van der Waals surface area contributed by atoms with Gasteiger partial charge in [0.2, 0.25) is 0 Å². The number of benzene rings is 1. The molecular formula is C12H16ClNO2. The molecule has 0 heterocycles. The molecule has 0 atom stereocenters. The summed E-state index contributed by atoms with van der Waals surface area (Å²) in [6.45, 7) is 0.981. The van der Waals surface area contributed by atoms with Crippen molar-refractivity contribution < 1.29 is 9.47 Å². The van der Waals surface area contributed by atoms with Crippen LogP contribution in [0.3, 0.4) is 0 Å². The second kappa shape index (κ2) is 4.83. The van der Waals surface area contributed by atoms with Gasteiger partial charge in [-0.05, 0) is 18.8 Å². The van der Waals surface area contributed by atoms with Crippen molar-refractivity contribution in [2.45, 2.75) is 12.8 Å². The van der Waals surface area contributed by atoms with Gasteiger partial charge in [0.15, 0.2) is 11.5 Å². The molecule has 0 saturated heterocycles. The van der Waals surface area contributed by atoms with E-state index in [1.54, 1.807) is 20.3 Å². The predicted molar refractivity (Wildman–Crippen MR) is 65.8 cm³/mol. The first kappa shape index (κ1) is 11.4. The van der Waals surface area contributed by atoms with Crippen LogP contribution in [0.1, 0.15) is 12.8 Å². The van der Waals surface area contributed by atoms with Crippen molar-refractivity contribution in [1.29, 1.82) is 0 Å². The van der Waals surface area contributed by atoms with Gasteiger partial charge in [0.05, 0.1) is 24.9 Å². The maximum absolute atomic E-state index is 6.14. The Morgan fingerprint density at radius 2 is 1.88 bits per heavy atom. The molecule has 0 aliphatic heterocycles. The number of anilines is 1. The van der Waals surface area contributed by atoms with Gasteiger partial charge >= 0.3 is 0 Å². The zero-order valence-electron chi connectivity index (χ0n) is 9.55. The van der Waals surface area contributed by atoms with Crippen LogP contribution in [0.5, 0.6) is 11.5 Å². The standard InChI is InChI=1S/C12H16ClNO2/c1-15-11-5-9(13)10(6-12(11)16-2)14-7-8-3-4-8/h5-6,8,14H,3-4,7H2,1-2H3. The molecule has 0 amide bonds. The first-order chi connectivity index (χ1) is 7.74. The van der Waals surface area contributed by atoms with Crippen molar-refractivity contribution in [1.82, 2.24) is 0 Å². The van der Waals surface area contributed by atoms with Gasteiger partial charge in [-0.15, -0.1) is 0 Å². The summed E-state index contributed by atoms with van der Waals surface area (Å²) in [5.41, 5.74) is 0.909. The SMILES string of the molecule is COc1cc(Cl)c(NCC2CC2)cc1OC. The van der Waals surface area contributed by atoms with Crippen molar-refractivity contribution >= 4 is 17.3 Å². The van der Waals surface area contributed by atoms with Crippen LogP contribution in [0.15, 0.2) is 12.1 Å². The van der Waals surface area contributed by atoms with Crippen LogP contribution in [-0.4, -0.2) is 20.8 Å². The molecule has 1 N–H and O–H groups in total. The summed E-state index contributed by atoms with van der Waals surface area (Å²) in [5.74, 6) is 2.17. The fraction of sp³-hybridized carbons (Fsp3) is 0.500. The van der Waals surface area contributed by atoms with E-state index in [0.717, 1.165) is 18.2 Å². The number of ether oxygens (including phenoxy) is 2. The minimum Gasteiger partial charge on any atom is -0.493 e. The molecule has 0 aromatic heterocycles. The van der Waals surface area contributed by atoms with E-state index in [9.17, 15) is 0 Å². The Balaban J connectivity index is 2.15. The lowest BCUT2D eigenvalue weighted by atomic mass is 10.2. The molecule has 1 fully saturated rings. The van der Waals surface area contributed by atoms with Crippen LogP contribution < -0.4 is 14.8 Å². The van der Waals surface area contributed by atoms with Crippen molar-refractivity contribution in [3.8, 4) is 11.5 Å². The molecule has 2 rings (SSSR count). The lowest BCUT2D eigenvalue weighted by Crippen LogP contribution is -2.04. The number of rotatable bonds is 5. The lowest BCUT2D eigenvalue weighted by molar-refractivity contribution is 0.355. The summed E-state index contributed by atoms with van der Waals surface area (Å²) in [4.78, 5) is 0. The van der Waals surface area contributed by atoms with Crippen molar-refractivity contribution in [2.75, 3.05) is 26.1 Å². The van der Waals surface area contributed by atoms with Gasteiger partial charge in [0.25, 0.3) is 0 Å². The average molecular weight is 242 g/mol. The lowest BCUT2D eigenvalue weighted by Gasteiger charge is -2.13. The van der Waals surface area contributed by atoms with Crippen molar-refractivity contribution in [3.63, 3.8) is 0 Å². The van der Waals surface area contributed by atoms with Crippen molar-refractivity contribution in [3.05, 3.63) is 17.2 Å². The van der Waals surface area contributed by atoms with Gasteiger partial charge in [-0.1, -0.05) is 11.6 Å². The molecule has 1 aromatic carbocycles. The van der Waals surface area contributed by atoms with Gasteiger partial charge < -0.3 is 14.8 Å². The van der Waals surface area contributed by atoms with Gasteiger partial charge in [-0.25, -0.2) is 0 Å².